The summed E-state index contributed by atoms with van der Waals surface area (Å²) in [6.45, 7) is 14.9. The first-order valence-electron chi connectivity index (χ1n) is 10.5. The summed E-state index contributed by atoms with van der Waals surface area (Å²) < 4.78 is 6.16. The Balaban J connectivity index is 2.37. The number of benzene rings is 1. The summed E-state index contributed by atoms with van der Waals surface area (Å²) in [6, 6.07) is 10.4. The van der Waals surface area contributed by atoms with E-state index >= 15 is 0 Å². The largest absolute Gasteiger partial charge is 0.457 e. The van der Waals surface area contributed by atoms with Gasteiger partial charge in [0.1, 0.15) is 6.10 Å². The van der Waals surface area contributed by atoms with Crippen molar-refractivity contribution in [3.63, 3.8) is 0 Å². The van der Waals surface area contributed by atoms with Gasteiger partial charge >= 0.3 is 5.97 Å². The molecular formula is C25H38O2. The van der Waals surface area contributed by atoms with Crippen molar-refractivity contribution in [2.45, 2.75) is 73.8 Å². The van der Waals surface area contributed by atoms with Crippen LogP contribution in [0.4, 0.5) is 0 Å². The fourth-order valence-corrected chi connectivity index (χ4v) is 4.24. The van der Waals surface area contributed by atoms with Crippen LogP contribution in [-0.4, -0.2) is 12.1 Å². The van der Waals surface area contributed by atoms with Crippen molar-refractivity contribution in [1.82, 2.24) is 0 Å². The monoisotopic (exact) mass is 370 g/mol. The zero-order chi connectivity index (χ0) is 20.2. The topological polar surface area (TPSA) is 26.3 Å². The maximum atomic E-state index is 12.7. The maximum absolute atomic E-state index is 12.7. The van der Waals surface area contributed by atoms with Gasteiger partial charge in [-0.15, -0.1) is 0 Å². The van der Waals surface area contributed by atoms with Crippen LogP contribution in [0, 0.1) is 29.1 Å². The molecule has 0 aromatic heterocycles. The number of carbonyl (C=O) groups is 1. The predicted octanol–water partition coefficient (Wildman–Crippen LogP) is 6.76. The van der Waals surface area contributed by atoms with Crippen molar-refractivity contribution in [3.8, 4) is 0 Å². The molecule has 1 saturated carbocycles. The lowest BCUT2D eigenvalue weighted by atomic mass is 9.67. The maximum Gasteiger partial charge on any atom is 0.311 e. The van der Waals surface area contributed by atoms with Gasteiger partial charge < -0.3 is 4.74 Å². The minimum Gasteiger partial charge on any atom is -0.457 e. The highest BCUT2D eigenvalue weighted by atomic mass is 16.5. The Morgan fingerprint density at radius 1 is 1.11 bits per heavy atom. The molecule has 1 fully saturated rings. The molecule has 2 nitrogen and oxygen atoms in total. The molecule has 0 aliphatic heterocycles. The number of allylic oxidation sites excluding steroid dienone is 1. The molecule has 27 heavy (non-hydrogen) atoms. The van der Waals surface area contributed by atoms with Crippen molar-refractivity contribution in [2.75, 3.05) is 0 Å². The minimum atomic E-state index is -0.486. The number of ether oxygens (including phenoxy) is 1. The van der Waals surface area contributed by atoms with Gasteiger partial charge in [0.25, 0.3) is 0 Å². The van der Waals surface area contributed by atoms with Gasteiger partial charge in [0.15, 0.2) is 0 Å². The Labute approximate surface area is 166 Å². The van der Waals surface area contributed by atoms with Crippen LogP contribution in [0.5, 0.6) is 0 Å². The highest BCUT2D eigenvalue weighted by molar-refractivity contribution is 5.76. The van der Waals surface area contributed by atoms with E-state index in [9.17, 15) is 4.79 Å². The third-order valence-electron chi connectivity index (χ3n) is 5.99. The molecule has 0 spiro atoms. The summed E-state index contributed by atoms with van der Waals surface area (Å²) in [7, 11) is 0. The van der Waals surface area contributed by atoms with Crippen LogP contribution in [-0.2, 0) is 9.53 Å². The van der Waals surface area contributed by atoms with Gasteiger partial charge in [0, 0.05) is 5.92 Å². The molecule has 150 valence electrons. The molecule has 1 aliphatic carbocycles. The molecule has 1 aliphatic rings. The quantitative estimate of drug-likeness (QED) is 0.535. The summed E-state index contributed by atoms with van der Waals surface area (Å²) in [5.41, 5.74) is 1.89. The molecule has 2 heteroatoms. The van der Waals surface area contributed by atoms with E-state index in [2.05, 4.69) is 58.0 Å². The van der Waals surface area contributed by atoms with Gasteiger partial charge in [0.2, 0.25) is 0 Å². The van der Waals surface area contributed by atoms with Gasteiger partial charge in [-0.3, -0.25) is 4.79 Å². The van der Waals surface area contributed by atoms with E-state index < -0.39 is 5.41 Å². The Kier molecular flexibility index (Phi) is 7.31. The molecule has 4 atom stereocenters. The third kappa shape index (κ3) is 5.96. The Morgan fingerprint density at radius 2 is 1.74 bits per heavy atom. The third-order valence-corrected chi connectivity index (χ3v) is 5.99. The van der Waals surface area contributed by atoms with E-state index in [0.29, 0.717) is 23.7 Å². The lowest BCUT2D eigenvalue weighted by Crippen LogP contribution is -2.39. The Bertz CT molecular complexity index is 636. The van der Waals surface area contributed by atoms with Crippen molar-refractivity contribution in [3.05, 3.63) is 42.0 Å². The molecule has 1 aromatic rings. The molecule has 0 amide bonds. The predicted molar refractivity (Wildman–Crippen MR) is 114 cm³/mol. The first-order valence-corrected chi connectivity index (χ1v) is 10.5. The van der Waals surface area contributed by atoms with Gasteiger partial charge in [-0.05, 0) is 75.5 Å². The van der Waals surface area contributed by atoms with Crippen LogP contribution in [0.15, 0.2) is 36.4 Å². The van der Waals surface area contributed by atoms with Crippen molar-refractivity contribution in [2.24, 2.45) is 29.1 Å². The SMILES string of the molecule is C/C(=C\[C@H](OC(=O)C(C)(C)C)[C@@H]1C[C@H](C)CC[C@H]1C(C)C)c1ccccc1. The fraction of sp³-hybridized carbons (Fsp3) is 0.640. The van der Waals surface area contributed by atoms with Crippen LogP contribution in [0.3, 0.4) is 0 Å². The summed E-state index contributed by atoms with van der Waals surface area (Å²) in [4.78, 5) is 12.7. The number of carbonyl (C=O) groups excluding carboxylic acids is 1. The lowest BCUT2D eigenvalue weighted by molar-refractivity contribution is -0.161. The van der Waals surface area contributed by atoms with Gasteiger partial charge in [-0.1, -0.05) is 57.5 Å². The highest BCUT2D eigenvalue weighted by Gasteiger charge is 2.38. The normalized spacial score (nSPS) is 25.3. The van der Waals surface area contributed by atoms with E-state index in [1.54, 1.807) is 0 Å². The number of esters is 1. The summed E-state index contributed by atoms with van der Waals surface area (Å²) in [5, 5.41) is 0. The molecule has 1 aromatic carbocycles. The molecule has 0 N–H and O–H groups in total. The number of hydrogen-bond donors (Lipinski definition) is 0. The van der Waals surface area contributed by atoms with Gasteiger partial charge in [-0.25, -0.2) is 0 Å². The standard InChI is InChI=1S/C25H38O2/c1-17(2)21-14-13-18(3)15-22(21)23(27-24(26)25(5,6)7)16-19(4)20-11-9-8-10-12-20/h8-12,16-18,21-23H,13-15H2,1-7H3/b19-16+/t18-,21+,22-,23+/m1/s1. The van der Waals surface area contributed by atoms with E-state index in [0.717, 1.165) is 6.42 Å². The van der Waals surface area contributed by atoms with E-state index in [-0.39, 0.29) is 12.1 Å². The van der Waals surface area contributed by atoms with E-state index in [1.807, 2.05) is 26.8 Å². The summed E-state index contributed by atoms with van der Waals surface area (Å²) in [5.74, 6) is 2.16. The van der Waals surface area contributed by atoms with Crippen LogP contribution in [0.25, 0.3) is 5.57 Å². The average molecular weight is 371 g/mol. The molecule has 0 unspecified atom stereocenters. The fourth-order valence-electron chi connectivity index (χ4n) is 4.24. The number of hydrogen-bond acceptors (Lipinski definition) is 2. The van der Waals surface area contributed by atoms with Crippen molar-refractivity contribution in [1.29, 1.82) is 0 Å². The van der Waals surface area contributed by atoms with Crippen molar-refractivity contribution < 1.29 is 9.53 Å². The van der Waals surface area contributed by atoms with Crippen molar-refractivity contribution >= 4 is 11.5 Å². The zero-order valence-corrected chi connectivity index (χ0v) is 18.3. The van der Waals surface area contributed by atoms with E-state index in [4.69, 9.17) is 4.74 Å². The minimum absolute atomic E-state index is 0.106. The second-order valence-electron chi connectivity index (χ2n) is 9.83. The lowest BCUT2D eigenvalue weighted by Gasteiger charge is -2.41. The smallest absolute Gasteiger partial charge is 0.311 e. The van der Waals surface area contributed by atoms with Crippen LogP contribution in [0.1, 0.15) is 73.3 Å². The Morgan fingerprint density at radius 3 is 2.30 bits per heavy atom. The van der Waals surface area contributed by atoms with Gasteiger partial charge in [0.05, 0.1) is 5.41 Å². The average Bonchev–Trinajstić information content (AvgIpc) is 2.60. The molecule has 2 rings (SSSR count). The summed E-state index contributed by atoms with van der Waals surface area (Å²) >= 11 is 0. The molecule has 0 saturated heterocycles. The second kappa shape index (κ2) is 9.08. The molecule has 0 heterocycles. The van der Waals surface area contributed by atoms with Crippen LogP contribution < -0.4 is 0 Å². The summed E-state index contributed by atoms with van der Waals surface area (Å²) in [6.07, 6.45) is 5.68. The Hall–Kier alpha value is -1.57. The molecule has 0 radical (unpaired) electrons. The second-order valence-corrected chi connectivity index (χ2v) is 9.83. The first kappa shape index (κ1) is 21.7. The molecular weight excluding hydrogens is 332 g/mol. The number of rotatable bonds is 5. The highest BCUT2D eigenvalue weighted by Crippen LogP contribution is 2.42. The molecule has 0 bridgehead atoms. The zero-order valence-electron chi connectivity index (χ0n) is 18.3. The van der Waals surface area contributed by atoms with Gasteiger partial charge in [-0.2, -0.15) is 0 Å². The first-order chi connectivity index (χ1) is 12.6. The van der Waals surface area contributed by atoms with Crippen LogP contribution >= 0.6 is 0 Å². The van der Waals surface area contributed by atoms with E-state index in [1.165, 1.54) is 24.0 Å². The van der Waals surface area contributed by atoms with Crippen LogP contribution in [0.2, 0.25) is 0 Å².